The van der Waals surface area contributed by atoms with Gasteiger partial charge in [-0.25, -0.2) is 0 Å². The molecule has 0 amide bonds. The van der Waals surface area contributed by atoms with Crippen molar-refractivity contribution in [1.82, 2.24) is 10.3 Å². The maximum Gasteiger partial charge on any atom is 0.164 e. The van der Waals surface area contributed by atoms with Gasteiger partial charge in [0.25, 0.3) is 0 Å². The highest BCUT2D eigenvalue weighted by atomic mass is 15.0. The molecule has 1 aliphatic rings. The van der Waals surface area contributed by atoms with Crippen LogP contribution in [-0.4, -0.2) is 10.8 Å². The van der Waals surface area contributed by atoms with Crippen LogP contribution in [-0.2, 0) is 0 Å². The van der Waals surface area contributed by atoms with E-state index in [4.69, 9.17) is 11.5 Å². The van der Waals surface area contributed by atoms with Gasteiger partial charge in [0, 0.05) is 24.1 Å². The molecule has 0 radical (unpaired) electrons. The number of nitrogens with zero attached hydrogens (tertiary/aromatic N) is 1. The van der Waals surface area contributed by atoms with Crippen LogP contribution < -0.4 is 16.8 Å². The van der Waals surface area contributed by atoms with Crippen molar-refractivity contribution in [2.24, 2.45) is 10.7 Å². The van der Waals surface area contributed by atoms with Crippen LogP contribution in [0, 0.1) is 12.0 Å². The summed E-state index contributed by atoms with van der Waals surface area (Å²) in [5, 5.41) is 2.97. The molecule has 0 fully saturated rings. The van der Waals surface area contributed by atoms with E-state index in [-0.39, 0.29) is 0 Å². The van der Waals surface area contributed by atoms with Gasteiger partial charge in [-0.05, 0) is 30.2 Å². The predicted molar refractivity (Wildman–Crippen MR) is 72.6 cm³/mol. The fraction of sp³-hybridized carbons (Fsp3) is 0. The van der Waals surface area contributed by atoms with Gasteiger partial charge in [-0.2, -0.15) is 4.99 Å². The minimum absolute atomic E-state index is 0.439. The second kappa shape index (κ2) is 5.46. The number of aromatic amines is 1. The summed E-state index contributed by atoms with van der Waals surface area (Å²) < 4.78 is 0. The highest BCUT2D eigenvalue weighted by Crippen LogP contribution is 1.99. The average molecular weight is 239 g/mol. The summed E-state index contributed by atoms with van der Waals surface area (Å²) in [6, 6.07) is 11.7. The summed E-state index contributed by atoms with van der Waals surface area (Å²) >= 11 is 0. The van der Waals surface area contributed by atoms with Crippen molar-refractivity contribution in [3.05, 3.63) is 54.1 Å². The molecule has 1 aromatic heterocycles. The number of amidine groups is 1. The standard InChI is InChI=1S/C13H13N5/c14-10-3-1-5-12(16-7-2-4-10)13-17-8-6-11(15)9-18-13/h1-5,7,9,16H,14-15H2,(H,17,18). The van der Waals surface area contributed by atoms with Gasteiger partial charge in [0.1, 0.15) is 5.70 Å². The largest absolute Gasteiger partial charge is 0.399 e. The number of aromatic nitrogens is 1. The number of rotatable bonds is 1. The normalized spacial score (nSPS) is 12.9. The van der Waals surface area contributed by atoms with Gasteiger partial charge in [0.15, 0.2) is 5.84 Å². The third-order valence-corrected chi connectivity index (χ3v) is 2.16. The Morgan fingerprint density at radius 1 is 1.11 bits per heavy atom. The minimum Gasteiger partial charge on any atom is -0.399 e. The van der Waals surface area contributed by atoms with Crippen LogP contribution in [0.2, 0.25) is 0 Å². The zero-order valence-corrected chi connectivity index (χ0v) is 9.64. The Balaban J connectivity index is 2.42. The molecule has 2 heterocycles. The van der Waals surface area contributed by atoms with Crippen molar-refractivity contribution >= 4 is 11.5 Å². The van der Waals surface area contributed by atoms with Crippen LogP contribution in [0.25, 0.3) is 0 Å². The molecule has 0 spiro atoms. The zero-order valence-electron chi connectivity index (χ0n) is 9.64. The number of hydrogen-bond donors (Lipinski definition) is 4. The molecule has 1 aliphatic heterocycles. The second-order valence-corrected chi connectivity index (χ2v) is 3.55. The monoisotopic (exact) mass is 239 g/mol. The number of hydrogen-bond acceptors (Lipinski definition) is 4. The number of H-pyrrole nitrogens is 1. The molecule has 90 valence electrons. The molecular weight excluding hydrogens is 226 g/mol. The zero-order chi connectivity index (χ0) is 12.8. The highest BCUT2D eigenvalue weighted by molar-refractivity contribution is 5.98. The van der Waals surface area contributed by atoms with E-state index >= 15 is 0 Å². The molecule has 0 aromatic carbocycles. The number of aliphatic imine (C=N–C) groups is 1. The van der Waals surface area contributed by atoms with Gasteiger partial charge in [-0.15, -0.1) is 0 Å². The molecule has 2 rings (SSSR count). The molecule has 5 heteroatoms. The number of allylic oxidation sites excluding steroid dienone is 1. The van der Waals surface area contributed by atoms with Gasteiger partial charge in [0.2, 0.25) is 0 Å². The van der Waals surface area contributed by atoms with Gasteiger partial charge in [-0.1, -0.05) is 6.07 Å². The molecule has 1 aromatic rings. The van der Waals surface area contributed by atoms with Crippen LogP contribution in [0.15, 0.2) is 53.4 Å². The van der Waals surface area contributed by atoms with Crippen LogP contribution in [0.1, 0.15) is 5.69 Å². The molecule has 6 N–H and O–H groups in total. The topological polar surface area (TPSA) is 92.2 Å². The molecular formula is C13H13N5. The molecule has 0 aliphatic carbocycles. The van der Waals surface area contributed by atoms with E-state index in [2.05, 4.69) is 27.3 Å². The van der Waals surface area contributed by atoms with Crippen LogP contribution >= 0.6 is 0 Å². The summed E-state index contributed by atoms with van der Waals surface area (Å²) in [6.07, 6.45) is 3.37. The first-order valence-electron chi connectivity index (χ1n) is 5.34. The molecule has 0 bridgehead atoms. The smallest absolute Gasteiger partial charge is 0.164 e. The summed E-state index contributed by atoms with van der Waals surface area (Å²) in [6.45, 7) is 0. The summed E-state index contributed by atoms with van der Waals surface area (Å²) in [4.78, 5) is 7.18. The lowest BCUT2D eigenvalue weighted by Gasteiger charge is -2.01. The van der Waals surface area contributed by atoms with E-state index in [9.17, 15) is 0 Å². The van der Waals surface area contributed by atoms with E-state index in [0.717, 1.165) is 5.69 Å². The fourth-order valence-corrected chi connectivity index (χ4v) is 1.30. The Hall–Kier alpha value is -2.87. The molecule has 5 nitrogen and oxygen atoms in total. The van der Waals surface area contributed by atoms with Crippen molar-refractivity contribution < 1.29 is 0 Å². The first-order valence-corrected chi connectivity index (χ1v) is 5.34. The predicted octanol–water partition coefficient (Wildman–Crippen LogP) is 0.832. The second-order valence-electron chi connectivity index (χ2n) is 3.55. The Bertz CT molecular complexity index is 612. The van der Waals surface area contributed by atoms with Crippen molar-refractivity contribution in [2.45, 2.75) is 0 Å². The van der Waals surface area contributed by atoms with Crippen LogP contribution in [0.3, 0.4) is 0 Å². The molecule has 0 atom stereocenters. The molecule has 0 saturated carbocycles. The van der Waals surface area contributed by atoms with Gasteiger partial charge in [-0.3, -0.25) is 0 Å². The molecule has 0 saturated heterocycles. The van der Waals surface area contributed by atoms with Crippen LogP contribution in [0.5, 0.6) is 0 Å². The lowest BCUT2D eigenvalue weighted by molar-refractivity contribution is 1.19. The lowest BCUT2D eigenvalue weighted by Crippen LogP contribution is -2.20. The van der Waals surface area contributed by atoms with E-state index in [1.54, 1.807) is 24.5 Å². The van der Waals surface area contributed by atoms with E-state index in [1.807, 2.05) is 18.2 Å². The summed E-state index contributed by atoms with van der Waals surface area (Å²) in [5.41, 5.74) is 13.2. The summed E-state index contributed by atoms with van der Waals surface area (Å²) in [7, 11) is 0. The number of nitrogen functional groups attached to an aromatic ring is 1. The Morgan fingerprint density at radius 3 is 2.83 bits per heavy atom. The average Bonchev–Trinajstić information content (AvgIpc) is 2.50. The van der Waals surface area contributed by atoms with E-state index in [1.165, 1.54) is 0 Å². The molecule has 0 unspecified atom stereocenters. The van der Waals surface area contributed by atoms with Gasteiger partial charge < -0.3 is 21.8 Å². The maximum atomic E-state index is 5.71. The Labute approximate surface area is 105 Å². The van der Waals surface area contributed by atoms with Gasteiger partial charge >= 0.3 is 0 Å². The Kier molecular flexibility index (Phi) is 3.52. The van der Waals surface area contributed by atoms with E-state index < -0.39 is 0 Å². The SMILES string of the molecule is NC1=CNC(c2cccc(N)ccc[nH]2)=NC#C1. The van der Waals surface area contributed by atoms with Crippen molar-refractivity contribution in [2.75, 3.05) is 5.73 Å². The molecule has 18 heavy (non-hydrogen) atoms. The first-order chi connectivity index (χ1) is 8.75. The Morgan fingerprint density at radius 2 is 1.94 bits per heavy atom. The highest BCUT2D eigenvalue weighted by Gasteiger charge is 2.01. The van der Waals surface area contributed by atoms with Crippen molar-refractivity contribution in [3.63, 3.8) is 0 Å². The van der Waals surface area contributed by atoms with Crippen molar-refractivity contribution in [3.8, 4) is 12.0 Å². The number of nitrogens with one attached hydrogen (secondary N) is 2. The fourth-order valence-electron chi connectivity index (χ4n) is 1.30. The number of anilines is 1. The number of nitrogens with two attached hydrogens (primary N) is 2. The van der Waals surface area contributed by atoms with E-state index in [0.29, 0.717) is 17.2 Å². The van der Waals surface area contributed by atoms with Crippen LogP contribution in [0.4, 0.5) is 5.69 Å². The minimum atomic E-state index is 0.439. The summed E-state index contributed by atoms with van der Waals surface area (Å²) in [5.74, 6) is 3.27. The first kappa shape index (κ1) is 11.6. The third kappa shape index (κ3) is 3.06. The lowest BCUT2D eigenvalue weighted by atomic mass is 10.3. The van der Waals surface area contributed by atoms with Crippen molar-refractivity contribution in [1.29, 1.82) is 0 Å². The quantitative estimate of drug-likeness (QED) is 0.547. The third-order valence-electron chi connectivity index (χ3n) is 2.16. The maximum absolute atomic E-state index is 5.71. The van der Waals surface area contributed by atoms with Gasteiger partial charge in [0.05, 0.1) is 5.69 Å².